The van der Waals surface area contributed by atoms with Crippen molar-refractivity contribution in [3.8, 4) is 0 Å². The number of para-hydroxylation sites is 1. The van der Waals surface area contributed by atoms with Gasteiger partial charge in [0.05, 0.1) is 11.3 Å². The van der Waals surface area contributed by atoms with Crippen LogP contribution in [-0.4, -0.2) is 16.9 Å². The highest BCUT2D eigenvalue weighted by Crippen LogP contribution is 2.21. The van der Waals surface area contributed by atoms with Crippen molar-refractivity contribution in [1.29, 1.82) is 0 Å². The highest BCUT2D eigenvalue weighted by molar-refractivity contribution is 7.80. The lowest BCUT2D eigenvalue weighted by Crippen LogP contribution is -2.33. The van der Waals surface area contributed by atoms with Crippen molar-refractivity contribution in [3.63, 3.8) is 0 Å². The van der Waals surface area contributed by atoms with E-state index in [0.717, 1.165) is 27.5 Å². The number of rotatable bonds is 5. The Kier molecular flexibility index (Phi) is 7.33. The lowest BCUT2D eigenvalue weighted by molar-refractivity contribution is -0.115. The molecule has 4 rings (SSSR count). The number of fused-ring (bicyclic) bond motifs is 1. The standard InChI is InChI=1S/C29H25N3O2S/c1-19-14-16-23(18-20(19)2)30-28(34)25-12-5-6-13-26(25)31-29(35)32-27(33)17-15-22-10-7-9-21-8-3-4-11-24(21)22/h3-18H,1-2H3,(H,30,34)(H2,31,32,33,35). The molecule has 0 bridgehead atoms. The molecule has 0 spiro atoms. The Bertz CT molecular complexity index is 1450. The van der Waals surface area contributed by atoms with Crippen LogP contribution in [0.15, 0.2) is 91.0 Å². The predicted octanol–water partition coefficient (Wildman–Crippen LogP) is 6.24. The Morgan fingerprint density at radius 1 is 0.800 bits per heavy atom. The van der Waals surface area contributed by atoms with Crippen LogP contribution in [0.25, 0.3) is 16.8 Å². The molecule has 0 unspecified atom stereocenters. The summed E-state index contributed by atoms with van der Waals surface area (Å²) in [4.78, 5) is 25.4. The lowest BCUT2D eigenvalue weighted by atomic mass is 10.0. The molecule has 0 atom stereocenters. The number of aryl methyl sites for hydroxylation is 2. The van der Waals surface area contributed by atoms with Gasteiger partial charge in [0.15, 0.2) is 5.11 Å². The fourth-order valence-electron chi connectivity index (χ4n) is 3.68. The van der Waals surface area contributed by atoms with Crippen molar-refractivity contribution in [3.05, 3.63) is 113 Å². The zero-order valence-corrected chi connectivity index (χ0v) is 20.3. The minimum atomic E-state index is -0.368. The van der Waals surface area contributed by atoms with Crippen molar-refractivity contribution in [2.24, 2.45) is 0 Å². The highest BCUT2D eigenvalue weighted by Gasteiger charge is 2.13. The summed E-state index contributed by atoms with van der Waals surface area (Å²) in [7, 11) is 0. The first kappa shape index (κ1) is 23.9. The number of benzene rings is 4. The minimum Gasteiger partial charge on any atom is -0.332 e. The van der Waals surface area contributed by atoms with Crippen LogP contribution in [-0.2, 0) is 4.79 Å². The van der Waals surface area contributed by atoms with Crippen molar-refractivity contribution < 1.29 is 9.59 Å². The van der Waals surface area contributed by atoms with Crippen LogP contribution >= 0.6 is 12.2 Å². The molecular weight excluding hydrogens is 454 g/mol. The molecule has 0 aromatic heterocycles. The monoisotopic (exact) mass is 479 g/mol. The summed E-state index contributed by atoms with van der Waals surface area (Å²) in [6, 6.07) is 26.7. The first-order chi connectivity index (χ1) is 16.9. The number of nitrogens with one attached hydrogen (secondary N) is 3. The van der Waals surface area contributed by atoms with Crippen LogP contribution in [0, 0.1) is 13.8 Å². The van der Waals surface area contributed by atoms with Gasteiger partial charge < -0.3 is 10.6 Å². The molecule has 0 fully saturated rings. The van der Waals surface area contributed by atoms with E-state index < -0.39 is 0 Å². The first-order valence-electron chi connectivity index (χ1n) is 11.2. The van der Waals surface area contributed by atoms with Gasteiger partial charge in [0, 0.05) is 11.8 Å². The fourth-order valence-corrected chi connectivity index (χ4v) is 3.89. The van der Waals surface area contributed by atoms with Gasteiger partial charge in [-0.05, 0) is 83.9 Å². The van der Waals surface area contributed by atoms with Gasteiger partial charge in [0.1, 0.15) is 0 Å². The Hall–Kier alpha value is -4.29. The smallest absolute Gasteiger partial charge is 0.257 e. The summed E-state index contributed by atoms with van der Waals surface area (Å²) >= 11 is 5.32. The zero-order chi connectivity index (χ0) is 24.8. The molecule has 0 heterocycles. The molecular formula is C29H25N3O2S. The van der Waals surface area contributed by atoms with Gasteiger partial charge in [-0.3, -0.25) is 14.9 Å². The number of thiocarbonyl (C=S) groups is 1. The summed E-state index contributed by atoms with van der Waals surface area (Å²) in [6.07, 6.45) is 3.19. The Labute approximate surface area is 209 Å². The maximum absolute atomic E-state index is 12.9. The molecule has 3 N–H and O–H groups in total. The van der Waals surface area contributed by atoms with Gasteiger partial charge in [0.2, 0.25) is 5.91 Å². The van der Waals surface area contributed by atoms with Crippen LogP contribution in [0.2, 0.25) is 0 Å². The molecule has 0 radical (unpaired) electrons. The van der Waals surface area contributed by atoms with E-state index in [9.17, 15) is 9.59 Å². The molecule has 2 amide bonds. The van der Waals surface area contributed by atoms with Gasteiger partial charge in [-0.15, -0.1) is 0 Å². The average molecular weight is 480 g/mol. The molecule has 6 heteroatoms. The van der Waals surface area contributed by atoms with E-state index in [1.807, 2.05) is 74.5 Å². The van der Waals surface area contributed by atoms with Gasteiger partial charge >= 0.3 is 0 Å². The second-order valence-electron chi connectivity index (χ2n) is 8.14. The molecule has 0 aliphatic heterocycles. The number of amides is 2. The van der Waals surface area contributed by atoms with Gasteiger partial charge in [-0.25, -0.2) is 0 Å². The van der Waals surface area contributed by atoms with Gasteiger partial charge in [-0.2, -0.15) is 0 Å². The first-order valence-corrected chi connectivity index (χ1v) is 11.6. The summed E-state index contributed by atoms with van der Waals surface area (Å²) in [5.74, 6) is -0.645. The minimum absolute atomic E-state index is 0.101. The summed E-state index contributed by atoms with van der Waals surface area (Å²) in [5, 5.41) is 10.8. The van der Waals surface area contributed by atoms with E-state index in [2.05, 4.69) is 16.0 Å². The predicted molar refractivity (Wildman–Crippen MR) is 148 cm³/mol. The molecule has 0 saturated carbocycles. The maximum atomic E-state index is 12.9. The molecule has 4 aromatic rings. The van der Waals surface area contributed by atoms with E-state index in [1.54, 1.807) is 30.3 Å². The van der Waals surface area contributed by atoms with E-state index in [4.69, 9.17) is 12.2 Å². The van der Waals surface area contributed by atoms with Gasteiger partial charge in [0.25, 0.3) is 5.91 Å². The molecule has 0 aliphatic rings. The van der Waals surface area contributed by atoms with E-state index in [-0.39, 0.29) is 16.9 Å². The molecule has 4 aromatic carbocycles. The van der Waals surface area contributed by atoms with Crippen LogP contribution in [0.4, 0.5) is 11.4 Å². The van der Waals surface area contributed by atoms with Crippen LogP contribution in [0.1, 0.15) is 27.0 Å². The number of carbonyl (C=O) groups excluding carboxylic acids is 2. The van der Waals surface area contributed by atoms with Gasteiger partial charge in [-0.1, -0.05) is 60.7 Å². The summed E-state index contributed by atoms with van der Waals surface area (Å²) < 4.78 is 0. The molecule has 5 nitrogen and oxygen atoms in total. The molecule has 0 aliphatic carbocycles. The van der Waals surface area contributed by atoms with E-state index in [1.165, 1.54) is 6.08 Å². The topological polar surface area (TPSA) is 70.2 Å². The summed E-state index contributed by atoms with van der Waals surface area (Å²) in [5.41, 5.74) is 4.80. The maximum Gasteiger partial charge on any atom is 0.257 e. The molecule has 0 saturated heterocycles. The van der Waals surface area contributed by atoms with Crippen LogP contribution in [0.3, 0.4) is 0 Å². The second-order valence-corrected chi connectivity index (χ2v) is 8.55. The quantitative estimate of drug-likeness (QED) is 0.234. The third kappa shape index (κ3) is 5.99. The number of hydrogen-bond acceptors (Lipinski definition) is 3. The molecule has 35 heavy (non-hydrogen) atoms. The SMILES string of the molecule is Cc1ccc(NC(=O)c2ccccc2NC(=S)NC(=O)C=Cc2cccc3ccccc23)cc1C. The van der Waals surface area contributed by atoms with Crippen molar-refractivity contribution in [1.82, 2.24) is 5.32 Å². The van der Waals surface area contributed by atoms with Crippen molar-refractivity contribution >= 4 is 57.4 Å². The van der Waals surface area contributed by atoms with Crippen LogP contribution in [0.5, 0.6) is 0 Å². The second kappa shape index (κ2) is 10.8. The Morgan fingerprint density at radius 2 is 1.54 bits per heavy atom. The van der Waals surface area contributed by atoms with Crippen molar-refractivity contribution in [2.75, 3.05) is 10.6 Å². The Morgan fingerprint density at radius 3 is 2.37 bits per heavy atom. The van der Waals surface area contributed by atoms with Crippen LogP contribution < -0.4 is 16.0 Å². The highest BCUT2D eigenvalue weighted by atomic mass is 32.1. The van der Waals surface area contributed by atoms with E-state index >= 15 is 0 Å². The number of hydrogen-bond donors (Lipinski definition) is 3. The summed E-state index contributed by atoms with van der Waals surface area (Å²) in [6.45, 7) is 4.02. The Balaban J connectivity index is 1.41. The van der Waals surface area contributed by atoms with Crippen molar-refractivity contribution in [2.45, 2.75) is 13.8 Å². The lowest BCUT2D eigenvalue weighted by Gasteiger charge is -2.13. The molecule has 174 valence electrons. The van der Waals surface area contributed by atoms with E-state index in [0.29, 0.717) is 16.9 Å². The largest absolute Gasteiger partial charge is 0.332 e. The number of anilines is 2. The third-order valence-electron chi connectivity index (χ3n) is 5.66. The zero-order valence-electron chi connectivity index (χ0n) is 19.5. The fraction of sp³-hybridized carbons (Fsp3) is 0.0690. The normalized spacial score (nSPS) is 10.8. The number of carbonyl (C=O) groups is 2. The average Bonchev–Trinajstić information content (AvgIpc) is 2.85. The third-order valence-corrected chi connectivity index (χ3v) is 5.86.